The minimum absolute atomic E-state index is 0. The van der Waals surface area contributed by atoms with Crippen LogP contribution in [-0.4, -0.2) is 3.92 Å². The Balaban J connectivity index is 0. The molecule has 0 aromatic heterocycles. The van der Waals surface area contributed by atoms with Gasteiger partial charge in [0.1, 0.15) is 0 Å². The summed E-state index contributed by atoms with van der Waals surface area (Å²) in [5, 5.41) is 0. The Kier molecular flexibility index (Phi) is 11.7. The molecule has 0 rings (SSSR count). The Bertz CT molecular complexity index is 29.3. The average molecular weight is 204 g/mol. The van der Waals surface area contributed by atoms with Crippen molar-refractivity contribution < 1.29 is 18.9 Å². The van der Waals surface area contributed by atoms with Crippen LogP contribution in [-0.2, 0) is 0 Å². The number of rotatable bonds is 2. The Morgan fingerprint density at radius 3 is 2.14 bits per heavy atom. The molecule has 0 aromatic carbocycles. The molecule has 0 heterocycles. The van der Waals surface area contributed by atoms with E-state index in [9.17, 15) is 0 Å². The van der Waals surface area contributed by atoms with Crippen LogP contribution >= 0.6 is 22.6 Å². The standard InChI is InChI=1S/C5H10I.Li/c1-3-4-5(2)6;/h5H,1,3-4H2,2H3;/q-1;+1. The van der Waals surface area contributed by atoms with Gasteiger partial charge in [-0.15, -0.1) is 0 Å². The van der Waals surface area contributed by atoms with E-state index < -0.39 is 0 Å². The molecule has 0 aliphatic heterocycles. The largest absolute Gasteiger partial charge is 1.00 e. The molecule has 0 N–H and O–H groups in total. The van der Waals surface area contributed by atoms with Crippen LogP contribution < -0.4 is 18.9 Å². The summed E-state index contributed by atoms with van der Waals surface area (Å²) >= 11 is 2.40. The van der Waals surface area contributed by atoms with E-state index in [4.69, 9.17) is 0 Å². The van der Waals surface area contributed by atoms with Crippen molar-refractivity contribution in [2.24, 2.45) is 0 Å². The van der Waals surface area contributed by atoms with Gasteiger partial charge in [-0.3, -0.25) is 0 Å². The number of alkyl halides is 1. The molecule has 1 atom stereocenters. The van der Waals surface area contributed by atoms with Crippen LogP contribution in [0.25, 0.3) is 0 Å². The van der Waals surface area contributed by atoms with E-state index >= 15 is 0 Å². The van der Waals surface area contributed by atoms with E-state index in [1.54, 1.807) is 0 Å². The van der Waals surface area contributed by atoms with Crippen LogP contribution in [0.4, 0.5) is 0 Å². The summed E-state index contributed by atoms with van der Waals surface area (Å²) in [5.74, 6) is 0. The average Bonchev–Trinajstić information content (AvgIpc) is 1.35. The molecule has 38 valence electrons. The Hall–Kier alpha value is 1.33. The molecule has 0 bridgehead atoms. The first-order chi connectivity index (χ1) is 2.77. The first-order valence-electron chi connectivity index (χ1n) is 2.20. The van der Waals surface area contributed by atoms with Crippen molar-refractivity contribution in [2.45, 2.75) is 23.7 Å². The quantitative estimate of drug-likeness (QED) is 0.244. The summed E-state index contributed by atoms with van der Waals surface area (Å²) in [6.07, 6.45) is 2.32. The van der Waals surface area contributed by atoms with Gasteiger partial charge in [0.2, 0.25) is 0 Å². The van der Waals surface area contributed by atoms with Crippen LogP contribution in [0.1, 0.15) is 19.8 Å². The van der Waals surface area contributed by atoms with Gasteiger partial charge in [-0.25, -0.2) is 0 Å². The van der Waals surface area contributed by atoms with Gasteiger partial charge >= 0.3 is 18.9 Å². The van der Waals surface area contributed by atoms with Crippen molar-refractivity contribution in [3.05, 3.63) is 6.92 Å². The SMILES string of the molecule is [CH2-]CCC(C)I.[Li+]. The van der Waals surface area contributed by atoms with Gasteiger partial charge in [0.25, 0.3) is 0 Å². The van der Waals surface area contributed by atoms with E-state index in [1.165, 1.54) is 6.42 Å². The molecule has 0 spiro atoms. The number of hydrogen-bond acceptors (Lipinski definition) is 0. The smallest absolute Gasteiger partial charge is 0.343 e. The zero-order chi connectivity index (χ0) is 4.99. The van der Waals surface area contributed by atoms with E-state index in [0.717, 1.165) is 10.3 Å². The van der Waals surface area contributed by atoms with Crippen molar-refractivity contribution in [3.8, 4) is 0 Å². The zero-order valence-corrected chi connectivity index (χ0v) is 7.23. The summed E-state index contributed by atoms with van der Waals surface area (Å²) in [5.41, 5.74) is 0. The van der Waals surface area contributed by atoms with E-state index in [-0.39, 0.29) is 18.9 Å². The minimum atomic E-state index is 0. The maximum Gasteiger partial charge on any atom is 1.00 e. The van der Waals surface area contributed by atoms with Crippen molar-refractivity contribution in [2.75, 3.05) is 0 Å². The normalized spacial score (nSPS) is 12.4. The third-order valence-corrected chi connectivity index (χ3v) is 1.22. The summed E-state index contributed by atoms with van der Waals surface area (Å²) < 4.78 is 0.806. The summed E-state index contributed by atoms with van der Waals surface area (Å²) in [4.78, 5) is 0. The predicted molar refractivity (Wildman–Crippen MR) is 38.1 cm³/mol. The van der Waals surface area contributed by atoms with Crippen molar-refractivity contribution in [1.29, 1.82) is 0 Å². The molecule has 0 fully saturated rings. The fourth-order valence-corrected chi connectivity index (χ4v) is 0.722. The summed E-state index contributed by atoms with van der Waals surface area (Å²) in [6, 6.07) is 0. The van der Waals surface area contributed by atoms with Gasteiger partial charge in [0, 0.05) is 3.92 Å². The number of halogens is 1. The molecule has 0 aromatic rings. The maximum atomic E-state index is 3.72. The van der Waals surface area contributed by atoms with Crippen molar-refractivity contribution >= 4 is 22.6 Å². The topological polar surface area (TPSA) is 0 Å². The van der Waals surface area contributed by atoms with Crippen LogP contribution in [0.5, 0.6) is 0 Å². The van der Waals surface area contributed by atoms with Gasteiger partial charge in [-0.1, -0.05) is 35.9 Å². The minimum Gasteiger partial charge on any atom is -0.343 e. The first-order valence-corrected chi connectivity index (χ1v) is 3.45. The molecule has 0 amide bonds. The van der Waals surface area contributed by atoms with Crippen LogP contribution in [0.15, 0.2) is 0 Å². The molecular weight excluding hydrogens is 194 g/mol. The Morgan fingerprint density at radius 1 is 1.71 bits per heavy atom. The summed E-state index contributed by atoms with van der Waals surface area (Å²) in [7, 11) is 0. The molecule has 0 saturated carbocycles. The third-order valence-electron chi connectivity index (χ3n) is 0.602. The monoisotopic (exact) mass is 204 g/mol. The second-order valence-corrected chi connectivity index (χ2v) is 3.55. The molecule has 0 aliphatic carbocycles. The molecule has 0 aliphatic rings. The fraction of sp³-hybridized carbons (Fsp3) is 0.800. The summed E-state index contributed by atoms with van der Waals surface area (Å²) in [6.45, 7) is 5.92. The second kappa shape index (κ2) is 7.33. The van der Waals surface area contributed by atoms with Crippen molar-refractivity contribution in [1.82, 2.24) is 0 Å². The molecule has 0 radical (unpaired) electrons. The predicted octanol–water partition coefficient (Wildman–Crippen LogP) is -0.572. The second-order valence-electron chi connectivity index (χ2n) is 1.42. The van der Waals surface area contributed by atoms with Gasteiger partial charge in [-0.05, 0) is 0 Å². The van der Waals surface area contributed by atoms with Gasteiger partial charge in [-0.2, -0.15) is 6.42 Å². The maximum absolute atomic E-state index is 3.72. The van der Waals surface area contributed by atoms with Crippen LogP contribution in [0, 0.1) is 6.92 Å². The van der Waals surface area contributed by atoms with Crippen LogP contribution in [0.3, 0.4) is 0 Å². The zero-order valence-electron chi connectivity index (χ0n) is 5.08. The molecule has 2 heteroatoms. The molecule has 0 nitrogen and oxygen atoms in total. The first kappa shape index (κ1) is 11.2. The molecule has 1 unspecified atom stereocenters. The van der Waals surface area contributed by atoms with Gasteiger partial charge in [0.15, 0.2) is 0 Å². The molecular formula is C5H10ILi. The number of hydrogen-bond donors (Lipinski definition) is 0. The van der Waals surface area contributed by atoms with E-state index in [2.05, 4.69) is 36.4 Å². The Labute approximate surface area is 71.8 Å². The van der Waals surface area contributed by atoms with E-state index in [0.29, 0.717) is 0 Å². The fourth-order valence-electron chi connectivity index (χ4n) is 0.281. The third kappa shape index (κ3) is 11.1. The van der Waals surface area contributed by atoms with Crippen molar-refractivity contribution in [3.63, 3.8) is 0 Å². The van der Waals surface area contributed by atoms with Gasteiger partial charge in [0.05, 0.1) is 0 Å². The van der Waals surface area contributed by atoms with E-state index in [1.807, 2.05) is 0 Å². The van der Waals surface area contributed by atoms with Crippen LogP contribution in [0.2, 0.25) is 0 Å². The Morgan fingerprint density at radius 2 is 2.14 bits per heavy atom. The van der Waals surface area contributed by atoms with Gasteiger partial charge < -0.3 is 6.92 Å². The molecule has 0 saturated heterocycles. The molecule has 7 heavy (non-hydrogen) atoms.